The van der Waals surface area contributed by atoms with Crippen LogP contribution in [0.15, 0.2) is 53.4 Å². The summed E-state index contributed by atoms with van der Waals surface area (Å²) >= 11 is 0. The van der Waals surface area contributed by atoms with Gasteiger partial charge in [0.25, 0.3) is 10.0 Å². The number of carbonyl (C=O) groups excluding carboxylic acids is 2. The molecule has 3 rings (SSSR count). The lowest BCUT2D eigenvalue weighted by molar-refractivity contribution is -0.130. The first kappa shape index (κ1) is 21.8. The monoisotopic (exact) mass is 433 g/mol. The van der Waals surface area contributed by atoms with Crippen molar-refractivity contribution in [3.05, 3.63) is 65.5 Å². The van der Waals surface area contributed by atoms with Crippen molar-refractivity contribution in [2.75, 3.05) is 26.2 Å². The molecule has 9 heteroatoms. The molecule has 1 aliphatic heterocycles. The standard InChI is InChI=1S/C21H24FN3O4S/c1-16-3-9-20(10-4-16)30(28,29)25(15-18-5-7-19(22)8-6-18)21(27)24-13-11-23(12-14-24)17(2)26/h3-10H,11-15H2,1-2H3. The van der Waals surface area contributed by atoms with Crippen LogP contribution in [0.3, 0.4) is 0 Å². The second kappa shape index (κ2) is 8.83. The maximum atomic E-state index is 13.3. The lowest BCUT2D eigenvalue weighted by Crippen LogP contribution is -2.54. The minimum atomic E-state index is -4.14. The van der Waals surface area contributed by atoms with Crippen molar-refractivity contribution in [3.63, 3.8) is 0 Å². The summed E-state index contributed by atoms with van der Waals surface area (Å²) in [6, 6.07) is 10.9. The van der Waals surface area contributed by atoms with Crippen LogP contribution in [0.5, 0.6) is 0 Å². The molecular formula is C21H24FN3O4S. The van der Waals surface area contributed by atoms with E-state index in [1.165, 1.54) is 48.2 Å². The van der Waals surface area contributed by atoms with E-state index in [0.717, 1.165) is 9.87 Å². The van der Waals surface area contributed by atoms with Gasteiger partial charge in [0.1, 0.15) is 5.82 Å². The van der Waals surface area contributed by atoms with Crippen LogP contribution >= 0.6 is 0 Å². The van der Waals surface area contributed by atoms with Gasteiger partial charge in [-0.2, -0.15) is 0 Å². The summed E-state index contributed by atoms with van der Waals surface area (Å²) in [6.45, 7) is 4.24. The van der Waals surface area contributed by atoms with E-state index in [-0.39, 0.29) is 30.4 Å². The quantitative estimate of drug-likeness (QED) is 0.743. The molecule has 0 saturated carbocycles. The molecule has 1 aliphatic rings. The number of amides is 3. The van der Waals surface area contributed by atoms with E-state index >= 15 is 0 Å². The van der Waals surface area contributed by atoms with Crippen LogP contribution < -0.4 is 0 Å². The van der Waals surface area contributed by atoms with Crippen LogP contribution in [0.1, 0.15) is 18.1 Å². The van der Waals surface area contributed by atoms with Gasteiger partial charge in [0.15, 0.2) is 0 Å². The lowest BCUT2D eigenvalue weighted by Gasteiger charge is -2.36. The van der Waals surface area contributed by atoms with Crippen molar-refractivity contribution in [3.8, 4) is 0 Å². The number of nitrogens with zero attached hydrogens (tertiary/aromatic N) is 3. The van der Waals surface area contributed by atoms with E-state index < -0.39 is 21.9 Å². The van der Waals surface area contributed by atoms with Crippen LogP contribution in [0.2, 0.25) is 0 Å². The first-order chi connectivity index (χ1) is 14.2. The molecular weight excluding hydrogens is 409 g/mol. The van der Waals surface area contributed by atoms with E-state index in [0.29, 0.717) is 18.7 Å². The molecule has 1 saturated heterocycles. The van der Waals surface area contributed by atoms with Crippen LogP contribution in [-0.4, -0.2) is 60.6 Å². The van der Waals surface area contributed by atoms with Gasteiger partial charge >= 0.3 is 6.03 Å². The number of piperazine rings is 1. The molecule has 0 aliphatic carbocycles. The minimum absolute atomic E-state index is 0.00549. The largest absolute Gasteiger partial charge is 0.339 e. The van der Waals surface area contributed by atoms with Gasteiger partial charge in [0.2, 0.25) is 5.91 Å². The fourth-order valence-corrected chi connectivity index (χ4v) is 4.59. The number of aryl methyl sites for hydroxylation is 1. The minimum Gasteiger partial charge on any atom is -0.339 e. The average molecular weight is 434 g/mol. The molecule has 7 nitrogen and oxygen atoms in total. The number of rotatable bonds is 4. The molecule has 30 heavy (non-hydrogen) atoms. The summed E-state index contributed by atoms with van der Waals surface area (Å²) in [4.78, 5) is 27.8. The molecule has 0 atom stereocenters. The zero-order valence-corrected chi connectivity index (χ0v) is 17.7. The van der Waals surface area contributed by atoms with Gasteiger partial charge in [0, 0.05) is 33.1 Å². The SMILES string of the molecule is CC(=O)N1CCN(C(=O)N(Cc2ccc(F)cc2)S(=O)(=O)c2ccc(C)cc2)CC1. The van der Waals surface area contributed by atoms with Gasteiger partial charge in [-0.3, -0.25) is 4.79 Å². The summed E-state index contributed by atoms with van der Waals surface area (Å²) in [5, 5.41) is 0. The normalized spacial score (nSPS) is 14.5. The van der Waals surface area contributed by atoms with E-state index in [1.807, 2.05) is 6.92 Å². The van der Waals surface area contributed by atoms with Crippen LogP contribution in [0, 0.1) is 12.7 Å². The van der Waals surface area contributed by atoms with E-state index in [1.54, 1.807) is 17.0 Å². The molecule has 0 N–H and O–H groups in total. The van der Waals surface area contributed by atoms with E-state index in [4.69, 9.17) is 0 Å². The highest BCUT2D eigenvalue weighted by Crippen LogP contribution is 2.22. The maximum Gasteiger partial charge on any atom is 0.334 e. The van der Waals surface area contributed by atoms with Gasteiger partial charge in [-0.05, 0) is 36.8 Å². The molecule has 2 aromatic carbocycles. The Balaban J connectivity index is 1.91. The fourth-order valence-electron chi connectivity index (χ4n) is 3.22. The number of benzene rings is 2. The van der Waals surface area contributed by atoms with Crippen molar-refractivity contribution < 1.29 is 22.4 Å². The highest BCUT2D eigenvalue weighted by atomic mass is 32.2. The smallest absolute Gasteiger partial charge is 0.334 e. The molecule has 0 unspecified atom stereocenters. The topological polar surface area (TPSA) is 78.0 Å². The van der Waals surface area contributed by atoms with Crippen molar-refractivity contribution >= 4 is 22.0 Å². The van der Waals surface area contributed by atoms with Crippen LogP contribution in [0.4, 0.5) is 9.18 Å². The first-order valence-corrected chi connectivity index (χ1v) is 11.0. The number of sulfonamides is 1. The summed E-state index contributed by atoms with van der Waals surface area (Å²) < 4.78 is 40.7. The molecule has 0 spiro atoms. The lowest BCUT2D eigenvalue weighted by atomic mass is 10.2. The third-order valence-corrected chi connectivity index (χ3v) is 6.79. The second-order valence-electron chi connectivity index (χ2n) is 7.23. The Labute approximate surface area is 175 Å². The summed E-state index contributed by atoms with van der Waals surface area (Å²) in [5.41, 5.74) is 1.38. The Bertz CT molecular complexity index is 1020. The number of urea groups is 1. The van der Waals surface area contributed by atoms with Crippen molar-refractivity contribution in [2.45, 2.75) is 25.3 Å². The van der Waals surface area contributed by atoms with Crippen molar-refractivity contribution in [1.82, 2.24) is 14.1 Å². The fraction of sp³-hybridized carbons (Fsp3) is 0.333. The highest BCUT2D eigenvalue weighted by molar-refractivity contribution is 7.89. The van der Waals surface area contributed by atoms with Crippen LogP contribution in [0.25, 0.3) is 0 Å². The van der Waals surface area contributed by atoms with Crippen molar-refractivity contribution in [2.24, 2.45) is 0 Å². The maximum absolute atomic E-state index is 13.3. The Morgan fingerprint density at radius 1 is 0.933 bits per heavy atom. The highest BCUT2D eigenvalue weighted by Gasteiger charge is 2.34. The molecule has 0 radical (unpaired) electrons. The van der Waals surface area contributed by atoms with Gasteiger partial charge < -0.3 is 9.80 Å². The molecule has 1 fully saturated rings. The van der Waals surface area contributed by atoms with Gasteiger partial charge in [-0.15, -0.1) is 0 Å². The zero-order chi connectivity index (χ0) is 21.9. The number of carbonyl (C=O) groups is 2. The zero-order valence-electron chi connectivity index (χ0n) is 16.9. The van der Waals surface area contributed by atoms with Crippen LogP contribution in [-0.2, 0) is 21.4 Å². The Morgan fingerprint density at radius 2 is 1.47 bits per heavy atom. The van der Waals surface area contributed by atoms with Gasteiger partial charge in [0.05, 0.1) is 11.4 Å². The number of hydrogen-bond donors (Lipinski definition) is 0. The molecule has 2 aromatic rings. The number of hydrogen-bond acceptors (Lipinski definition) is 4. The van der Waals surface area contributed by atoms with Gasteiger partial charge in [-0.1, -0.05) is 29.8 Å². The summed E-state index contributed by atoms with van der Waals surface area (Å²) in [6.07, 6.45) is 0. The Morgan fingerprint density at radius 3 is 2.00 bits per heavy atom. The summed E-state index contributed by atoms with van der Waals surface area (Å²) in [5.74, 6) is -0.532. The Kier molecular flexibility index (Phi) is 6.40. The third kappa shape index (κ3) is 4.79. The average Bonchev–Trinajstić information content (AvgIpc) is 2.73. The molecule has 160 valence electrons. The predicted octanol–water partition coefficient (Wildman–Crippen LogP) is 2.61. The van der Waals surface area contributed by atoms with E-state index in [2.05, 4.69) is 0 Å². The first-order valence-electron chi connectivity index (χ1n) is 9.57. The van der Waals surface area contributed by atoms with E-state index in [9.17, 15) is 22.4 Å². The van der Waals surface area contributed by atoms with Gasteiger partial charge in [-0.25, -0.2) is 21.9 Å². The predicted molar refractivity (Wildman–Crippen MR) is 110 cm³/mol. The number of halogens is 1. The summed E-state index contributed by atoms with van der Waals surface area (Å²) in [7, 11) is -4.14. The van der Waals surface area contributed by atoms with Crippen molar-refractivity contribution in [1.29, 1.82) is 0 Å². The second-order valence-corrected chi connectivity index (χ2v) is 9.09. The molecule has 1 heterocycles. The molecule has 3 amide bonds. The molecule has 0 bridgehead atoms. The third-order valence-electron chi connectivity index (χ3n) is 5.06. The molecule has 0 aromatic heterocycles. The Hall–Kier alpha value is -2.94.